The van der Waals surface area contributed by atoms with Crippen LogP contribution in [0.25, 0.3) is 0 Å². The molecule has 0 amide bonds. The van der Waals surface area contributed by atoms with Crippen molar-refractivity contribution in [1.29, 1.82) is 0 Å². The molecule has 1 aromatic rings. The molecule has 1 N–H and O–H groups in total. The van der Waals surface area contributed by atoms with Crippen molar-refractivity contribution in [3.8, 4) is 0 Å². The topological polar surface area (TPSA) is 78.5 Å². The molecule has 2 aliphatic heterocycles. The van der Waals surface area contributed by atoms with Crippen LogP contribution in [0.2, 0.25) is 0 Å². The third kappa shape index (κ3) is 3.51. The standard InChI is InChI=1S/C14H24N4O3S/c1-17-7-8-18(11-13(17)14-15-5-6-16-14)22(19,20)10-4-12-3-2-9-21-12/h5-6,12-13H,2-4,7-11H2,1H3,(H,15,16). The van der Waals surface area contributed by atoms with E-state index in [1.54, 1.807) is 16.7 Å². The lowest BCUT2D eigenvalue weighted by molar-refractivity contribution is 0.107. The fourth-order valence-corrected chi connectivity index (χ4v) is 4.68. The molecule has 3 heterocycles. The summed E-state index contributed by atoms with van der Waals surface area (Å²) in [6.07, 6.45) is 6.21. The van der Waals surface area contributed by atoms with Crippen LogP contribution in [0.1, 0.15) is 31.1 Å². The molecular formula is C14H24N4O3S. The second kappa shape index (κ2) is 6.66. The summed E-state index contributed by atoms with van der Waals surface area (Å²) in [5.74, 6) is 0.994. The molecule has 2 aliphatic rings. The van der Waals surface area contributed by atoms with Crippen molar-refractivity contribution in [3.05, 3.63) is 18.2 Å². The average molecular weight is 328 g/mol. The number of imidazole rings is 1. The number of rotatable bonds is 5. The Labute approximate surface area is 131 Å². The maximum absolute atomic E-state index is 12.6. The monoisotopic (exact) mass is 328 g/mol. The molecule has 2 atom stereocenters. The predicted molar refractivity (Wildman–Crippen MR) is 82.9 cm³/mol. The van der Waals surface area contributed by atoms with Crippen LogP contribution in [-0.2, 0) is 14.8 Å². The summed E-state index contributed by atoms with van der Waals surface area (Å²) in [7, 11) is -1.23. The third-order valence-electron chi connectivity index (χ3n) is 4.56. The molecule has 8 heteroatoms. The third-order valence-corrected chi connectivity index (χ3v) is 6.43. The SMILES string of the molecule is CN1CCN(S(=O)(=O)CCC2CCCO2)CC1c1ncc[nH]1. The van der Waals surface area contributed by atoms with Crippen molar-refractivity contribution in [2.45, 2.75) is 31.4 Å². The van der Waals surface area contributed by atoms with Gasteiger partial charge in [-0.25, -0.2) is 13.4 Å². The Balaban J connectivity index is 1.63. The number of aromatic nitrogens is 2. The quantitative estimate of drug-likeness (QED) is 0.856. The smallest absolute Gasteiger partial charge is 0.214 e. The van der Waals surface area contributed by atoms with Crippen molar-refractivity contribution in [1.82, 2.24) is 19.2 Å². The summed E-state index contributed by atoms with van der Waals surface area (Å²) in [6, 6.07) is -0.0127. The van der Waals surface area contributed by atoms with E-state index in [0.717, 1.165) is 25.3 Å². The maximum atomic E-state index is 12.6. The van der Waals surface area contributed by atoms with Gasteiger partial charge in [-0.3, -0.25) is 4.90 Å². The highest BCUT2D eigenvalue weighted by Crippen LogP contribution is 2.24. The largest absolute Gasteiger partial charge is 0.378 e. The minimum absolute atomic E-state index is 0.0127. The molecule has 0 radical (unpaired) electrons. The molecule has 7 nitrogen and oxygen atoms in total. The second-order valence-corrected chi connectivity index (χ2v) is 8.16. The highest BCUT2D eigenvalue weighted by molar-refractivity contribution is 7.89. The first-order chi connectivity index (χ1) is 10.6. The van der Waals surface area contributed by atoms with Crippen molar-refractivity contribution in [3.63, 3.8) is 0 Å². The van der Waals surface area contributed by atoms with Crippen LogP contribution in [0, 0.1) is 0 Å². The molecule has 3 rings (SSSR count). The fourth-order valence-electron chi connectivity index (χ4n) is 3.14. The Morgan fingerprint density at radius 1 is 1.45 bits per heavy atom. The lowest BCUT2D eigenvalue weighted by Gasteiger charge is -2.37. The van der Waals surface area contributed by atoms with Gasteiger partial charge in [-0.15, -0.1) is 0 Å². The zero-order valence-corrected chi connectivity index (χ0v) is 13.8. The first kappa shape index (κ1) is 15.9. The Morgan fingerprint density at radius 2 is 2.32 bits per heavy atom. The van der Waals surface area contributed by atoms with Gasteiger partial charge in [-0.2, -0.15) is 4.31 Å². The Kier molecular flexibility index (Phi) is 4.82. The molecule has 0 spiro atoms. The van der Waals surface area contributed by atoms with E-state index < -0.39 is 10.0 Å². The number of H-pyrrole nitrogens is 1. The number of hydrogen-bond acceptors (Lipinski definition) is 5. The van der Waals surface area contributed by atoms with Gasteiger partial charge in [0.15, 0.2) is 0 Å². The lowest BCUT2D eigenvalue weighted by Crippen LogP contribution is -2.50. The maximum Gasteiger partial charge on any atom is 0.214 e. The van der Waals surface area contributed by atoms with Gasteiger partial charge < -0.3 is 9.72 Å². The van der Waals surface area contributed by atoms with E-state index in [4.69, 9.17) is 4.74 Å². The van der Waals surface area contributed by atoms with Gasteiger partial charge in [0.2, 0.25) is 10.0 Å². The highest BCUT2D eigenvalue weighted by Gasteiger charge is 2.34. The van der Waals surface area contributed by atoms with E-state index >= 15 is 0 Å². The Morgan fingerprint density at radius 3 is 3.00 bits per heavy atom. The van der Waals surface area contributed by atoms with E-state index in [-0.39, 0.29) is 17.9 Å². The molecule has 0 aromatic carbocycles. The van der Waals surface area contributed by atoms with Crippen LogP contribution >= 0.6 is 0 Å². The molecule has 1 aromatic heterocycles. The molecule has 0 saturated carbocycles. The number of sulfonamides is 1. The molecule has 2 saturated heterocycles. The summed E-state index contributed by atoms with van der Waals surface area (Å²) in [5, 5.41) is 0. The molecule has 0 bridgehead atoms. The number of nitrogens with zero attached hydrogens (tertiary/aromatic N) is 3. The normalized spacial score (nSPS) is 28.2. The van der Waals surface area contributed by atoms with Crippen molar-refractivity contribution < 1.29 is 13.2 Å². The molecule has 124 valence electrons. The van der Waals surface area contributed by atoms with E-state index in [1.807, 2.05) is 7.05 Å². The van der Waals surface area contributed by atoms with Gasteiger partial charge in [-0.05, 0) is 26.3 Å². The van der Waals surface area contributed by atoms with Crippen LogP contribution in [0.4, 0.5) is 0 Å². The second-order valence-electron chi connectivity index (χ2n) is 6.07. The van der Waals surface area contributed by atoms with Crippen LogP contribution < -0.4 is 0 Å². The average Bonchev–Trinajstić information content (AvgIpc) is 3.19. The van der Waals surface area contributed by atoms with Gasteiger partial charge in [0.25, 0.3) is 0 Å². The number of piperazine rings is 1. The Bertz CT molecular complexity index is 569. The number of likely N-dealkylation sites (N-methyl/N-ethyl adjacent to an activating group) is 1. The summed E-state index contributed by atoms with van der Waals surface area (Å²) >= 11 is 0. The molecular weight excluding hydrogens is 304 g/mol. The zero-order valence-electron chi connectivity index (χ0n) is 12.9. The van der Waals surface area contributed by atoms with E-state index in [9.17, 15) is 8.42 Å². The van der Waals surface area contributed by atoms with Gasteiger partial charge in [-0.1, -0.05) is 0 Å². The van der Waals surface area contributed by atoms with Crippen molar-refractivity contribution in [2.75, 3.05) is 39.0 Å². The van der Waals surface area contributed by atoms with E-state index in [0.29, 0.717) is 26.1 Å². The van der Waals surface area contributed by atoms with Crippen LogP contribution in [0.15, 0.2) is 12.4 Å². The van der Waals surface area contributed by atoms with Gasteiger partial charge in [0.05, 0.1) is 17.9 Å². The van der Waals surface area contributed by atoms with Crippen molar-refractivity contribution in [2.24, 2.45) is 0 Å². The Hall–Kier alpha value is -0.960. The van der Waals surface area contributed by atoms with Crippen molar-refractivity contribution >= 4 is 10.0 Å². The zero-order chi connectivity index (χ0) is 15.6. The first-order valence-electron chi connectivity index (χ1n) is 7.85. The molecule has 0 aliphatic carbocycles. The summed E-state index contributed by atoms with van der Waals surface area (Å²) in [4.78, 5) is 9.51. The van der Waals surface area contributed by atoms with Crippen LogP contribution in [0.3, 0.4) is 0 Å². The van der Waals surface area contributed by atoms with Crippen LogP contribution in [-0.4, -0.2) is 72.7 Å². The van der Waals surface area contributed by atoms with E-state index in [1.165, 1.54) is 0 Å². The number of nitrogens with one attached hydrogen (secondary N) is 1. The number of aromatic amines is 1. The van der Waals surface area contributed by atoms with E-state index in [2.05, 4.69) is 14.9 Å². The summed E-state index contributed by atoms with van der Waals surface area (Å²) < 4.78 is 32.3. The fraction of sp³-hybridized carbons (Fsp3) is 0.786. The summed E-state index contributed by atoms with van der Waals surface area (Å²) in [6.45, 7) is 2.48. The predicted octanol–water partition coefficient (Wildman–Crippen LogP) is 0.597. The van der Waals surface area contributed by atoms with Gasteiger partial charge in [0.1, 0.15) is 5.82 Å². The summed E-state index contributed by atoms with van der Waals surface area (Å²) in [5.41, 5.74) is 0. The first-order valence-corrected chi connectivity index (χ1v) is 9.46. The molecule has 2 unspecified atom stereocenters. The molecule has 2 fully saturated rings. The lowest BCUT2D eigenvalue weighted by atomic mass is 10.2. The van der Waals surface area contributed by atoms with Gasteiger partial charge in [0, 0.05) is 38.6 Å². The van der Waals surface area contributed by atoms with Crippen LogP contribution in [0.5, 0.6) is 0 Å². The number of hydrogen-bond donors (Lipinski definition) is 1. The minimum Gasteiger partial charge on any atom is -0.378 e. The van der Waals surface area contributed by atoms with Gasteiger partial charge >= 0.3 is 0 Å². The minimum atomic E-state index is -3.23. The highest BCUT2D eigenvalue weighted by atomic mass is 32.2. The number of ether oxygens (including phenoxy) is 1. The molecule has 22 heavy (non-hydrogen) atoms.